The average molecular weight is 367 g/mol. The van der Waals surface area contributed by atoms with E-state index in [1.165, 1.54) is 4.90 Å². The van der Waals surface area contributed by atoms with Crippen LogP contribution in [0.4, 0.5) is 0 Å². The van der Waals surface area contributed by atoms with Crippen LogP contribution in [0.25, 0.3) is 11.3 Å². The van der Waals surface area contributed by atoms with E-state index in [0.29, 0.717) is 16.8 Å². The van der Waals surface area contributed by atoms with Crippen molar-refractivity contribution in [2.45, 2.75) is 5.54 Å². The van der Waals surface area contributed by atoms with E-state index in [0.717, 1.165) is 11.1 Å². The summed E-state index contributed by atoms with van der Waals surface area (Å²) >= 11 is 0. The molecule has 1 atom stereocenters. The lowest BCUT2D eigenvalue weighted by Gasteiger charge is -2.26. The first-order valence-electron chi connectivity index (χ1n) is 8.72. The minimum Gasteiger partial charge on any atom is -0.369 e. The Kier molecular flexibility index (Phi) is 4.13. The van der Waals surface area contributed by atoms with Gasteiger partial charge in [-0.3, -0.25) is 14.7 Å². The van der Waals surface area contributed by atoms with Gasteiger partial charge in [0.25, 0.3) is 5.91 Å². The highest BCUT2D eigenvalue weighted by atomic mass is 16.2. The summed E-state index contributed by atoms with van der Waals surface area (Å²) in [6, 6.07) is 22.3. The Labute approximate surface area is 162 Å². The zero-order valence-electron chi connectivity index (χ0n) is 15.2. The third kappa shape index (κ3) is 2.61. The summed E-state index contributed by atoms with van der Waals surface area (Å²) < 4.78 is 0. The highest BCUT2D eigenvalue weighted by Crippen LogP contribution is 2.39. The van der Waals surface area contributed by atoms with Crippen LogP contribution in [0, 0.1) is 11.3 Å². The molecule has 1 unspecified atom stereocenters. The van der Waals surface area contributed by atoms with Crippen LogP contribution in [0.3, 0.4) is 0 Å². The molecule has 0 saturated carbocycles. The van der Waals surface area contributed by atoms with Crippen molar-refractivity contribution < 1.29 is 4.79 Å². The summed E-state index contributed by atoms with van der Waals surface area (Å²) in [5.74, 6) is -0.0576. The summed E-state index contributed by atoms with van der Waals surface area (Å²) in [5, 5.41) is 9.17. The van der Waals surface area contributed by atoms with Crippen LogP contribution < -0.4 is 5.73 Å². The van der Waals surface area contributed by atoms with E-state index in [1.54, 1.807) is 37.5 Å². The maximum absolute atomic E-state index is 13.3. The van der Waals surface area contributed by atoms with Gasteiger partial charge in [0.05, 0.1) is 17.3 Å². The van der Waals surface area contributed by atoms with Gasteiger partial charge in [0, 0.05) is 18.8 Å². The zero-order chi connectivity index (χ0) is 19.7. The second-order valence-electron chi connectivity index (χ2n) is 6.53. The van der Waals surface area contributed by atoms with Crippen molar-refractivity contribution in [3.05, 3.63) is 89.6 Å². The van der Waals surface area contributed by atoms with Gasteiger partial charge in [-0.15, -0.1) is 0 Å². The molecule has 4 rings (SSSR count). The molecule has 0 spiro atoms. The van der Waals surface area contributed by atoms with Crippen molar-refractivity contribution in [2.75, 3.05) is 7.05 Å². The first-order valence-corrected chi connectivity index (χ1v) is 8.72. The molecular formula is C22H17N5O. The van der Waals surface area contributed by atoms with Crippen LogP contribution in [-0.4, -0.2) is 28.8 Å². The molecule has 2 N–H and O–H groups in total. The number of guanidine groups is 1. The Bertz CT molecular complexity index is 1130. The van der Waals surface area contributed by atoms with Crippen LogP contribution in [0.5, 0.6) is 0 Å². The van der Waals surface area contributed by atoms with Crippen molar-refractivity contribution in [1.29, 1.82) is 5.26 Å². The molecule has 0 aliphatic carbocycles. The number of aromatic nitrogens is 1. The maximum Gasteiger partial charge on any atom is 0.266 e. The lowest BCUT2D eigenvalue weighted by atomic mass is 9.82. The predicted molar refractivity (Wildman–Crippen MR) is 106 cm³/mol. The van der Waals surface area contributed by atoms with Crippen molar-refractivity contribution in [3.8, 4) is 17.3 Å². The van der Waals surface area contributed by atoms with Gasteiger partial charge in [-0.2, -0.15) is 5.26 Å². The number of likely N-dealkylation sites (N-methyl/N-ethyl adjacent to an activating group) is 1. The number of nitriles is 1. The van der Waals surface area contributed by atoms with E-state index >= 15 is 0 Å². The number of carbonyl (C=O) groups excluding carboxylic acids is 1. The van der Waals surface area contributed by atoms with E-state index in [9.17, 15) is 4.79 Å². The molecule has 1 amide bonds. The molecule has 6 nitrogen and oxygen atoms in total. The molecule has 0 radical (unpaired) electrons. The predicted octanol–water partition coefficient (Wildman–Crippen LogP) is 2.65. The molecule has 136 valence electrons. The highest BCUT2D eigenvalue weighted by Gasteiger charge is 2.49. The quantitative estimate of drug-likeness (QED) is 0.770. The average Bonchev–Trinajstić information content (AvgIpc) is 2.99. The van der Waals surface area contributed by atoms with Crippen LogP contribution in [0.2, 0.25) is 0 Å². The van der Waals surface area contributed by atoms with Gasteiger partial charge in [-0.05, 0) is 35.4 Å². The number of hydrogen-bond acceptors (Lipinski definition) is 5. The summed E-state index contributed by atoms with van der Waals surface area (Å²) in [5.41, 5.74) is 8.14. The summed E-state index contributed by atoms with van der Waals surface area (Å²) in [6.07, 6.45) is 1.64. The van der Waals surface area contributed by atoms with E-state index in [4.69, 9.17) is 11.0 Å². The number of benzene rings is 2. The van der Waals surface area contributed by atoms with Gasteiger partial charge >= 0.3 is 0 Å². The maximum atomic E-state index is 13.3. The minimum absolute atomic E-state index is 0.165. The topological polar surface area (TPSA) is 95.4 Å². The number of nitrogens with zero attached hydrogens (tertiary/aromatic N) is 4. The molecular weight excluding hydrogens is 350 g/mol. The van der Waals surface area contributed by atoms with E-state index in [2.05, 4.69) is 16.0 Å². The fraction of sp³-hybridized carbons (Fsp3) is 0.0909. The Morgan fingerprint density at radius 2 is 1.82 bits per heavy atom. The van der Waals surface area contributed by atoms with Gasteiger partial charge in [-0.25, -0.2) is 4.99 Å². The monoisotopic (exact) mass is 367 g/mol. The van der Waals surface area contributed by atoms with Crippen molar-refractivity contribution in [1.82, 2.24) is 9.88 Å². The highest BCUT2D eigenvalue weighted by molar-refractivity contribution is 6.09. The van der Waals surface area contributed by atoms with Gasteiger partial charge in [0.1, 0.15) is 0 Å². The normalized spacial score (nSPS) is 18.6. The third-order valence-electron chi connectivity index (χ3n) is 4.90. The second kappa shape index (κ2) is 6.63. The molecule has 1 aliphatic rings. The molecule has 2 aromatic carbocycles. The standard InChI is InChI=1S/C22H17N5O/c1-27-20(28)22(26-21(27)24,17-8-3-2-4-9-17)18-10-11-25-19(13-18)16-7-5-6-15(12-16)14-23/h2-13H,1H3,(H2,24,26). The first kappa shape index (κ1) is 17.4. The van der Waals surface area contributed by atoms with Crippen LogP contribution >= 0.6 is 0 Å². The Hall–Kier alpha value is -3.98. The molecule has 28 heavy (non-hydrogen) atoms. The van der Waals surface area contributed by atoms with Gasteiger partial charge in [-0.1, -0.05) is 42.5 Å². The largest absolute Gasteiger partial charge is 0.369 e. The lowest BCUT2D eigenvalue weighted by molar-refractivity contribution is -0.129. The smallest absolute Gasteiger partial charge is 0.266 e. The van der Waals surface area contributed by atoms with Gasteiger partial charge < -0.3 is 5.73 Å². The van der Waals surface area contributed by atoms with Crippen molar-refractivity contribution >= 4 is 11.9 Å². The van der Waals surface area contributed by atoms with E-state index in [-0.39, 0.29) is 11.9 Å². The molecule has 0 bridgehead atoms. The second-order valence-corrected chi connectivity index (χ2v) is 6.53. The van der Waals surface area contributed by atoms with Gasteiger partial charge in [0.2, 0.25) is 0 Å². The fourth-order valence-corrected chi connectivity index (χ4v) is 3.42. The Morgan fingerprint density at radius 1 is 1.04 bits per heavy atom. The number of rotatable bonds is 3. The van der Waals surface area contributed by atoms with Crippen LogP contribution in [-0.2, 0) is 10.3 Å². The SMILES string of the molecule is CN1C(=O)C(c2ccccc2)(c2ccnc(-c3cccc(C#N)c3)c2)N=C1N. The number of hydrogen-bond donors (Lipinski definition) is 1. The molecule has 0 saturated heterocycles. The summed E-state index contributed by atoms with van der Waals surface area (Å²) in [7, 11) is 1.62. The number of carbonyl (C=O) groups is 1. The molecule has 6 heteroatoms. The number of pyridine rings is 1. The van der Waals surface area contributed by atoms with Crippen molar-refractivity contribution in [2.24, 2.45) is 10.7 Å². The number of nitrogens with two attached hydrogens (primary N) is 1. The van der Waals surface area contributed by atoms with E-state index in [1.807, 2.05) is 42.5 Å². The third-order valence-corrected chi connectivity index (χ3v) is 4.90. The van der Waals surface area contributed by atoms with E-state index < -0.39 is 5.54 Å². The summed E-state index contributed by atoms with van der Waals surface area (Å²) in [6.45, 7) is 0. The Morgan fingerprint density at radius 3 is 2.50 bits per heavy atom. The van der Waals surface area contributed by atoms with Gasteiger partial charge in [0.15, 0.2) is 11.5 Å². The zero-order valence-corrected chi connectivity index (χ0v) is 15.2. The first-order chi connectivity index (χ1) is 13.6. The fourth-order valence-electron chi connectivity index (χ4n) is 3.42. The molecule has 1 aliphatic heterocycles. The molecule has 0 fully saturated rings. The molecule has 3 aromatic rings. The summed E-state index contributed by atoms with van der Waals surface area (Å²) in [4.78, 5) is 23.6. The Balaban J connectivity index is 1.92. The number of amides is 1. The van der Waals surface area contributed by atoms with Crippen LogP contribution in [0.15, 0.2) is 77.9 Å². The molecule has 2 heterocycles. The lowest BCUT2D eigenvalue weighted by Crippen LogP contribution is -2.41. The molecule has 1 aromatic heterocycles. The van der Waals surface area contributed by atoms with Crippen LogP contribution in [0.1, 0.15) is 16.7 Å². The van der Waals surface area contributed by atoms with Crippen molar-refractivity contribution in [3.63, 3.8) is 0 Å². The minimum atomic E-state index is -1.26. The number of aliphatic imine (C=N–C) groups is 1.